The van der Waals surface area contributed by atoms with Crippen LogP contribution in [0.2, 0.25) is 0 Å². The monoisotopic (exact) mass is 279 g/mol. The van der Waals surface area contributed by atoms with E-state index in [0.717, 1.165) is 0 Å². The lowest BCUT2D eigenvalue weighted by molar-refractivity contribution is -0.132. The first-order chi connectivity index (χ1) is 7.95. The van der Waals surface area contributed by atoms with Crippen LogP contribution in [-0.2, 0) is 9.59 Å². The third kappa shape index (κ3) is 4.77. The molecule has 0 aliphatic rings. The van der Waals surface area contributed by atoms with Gasteiger partial charge in [-0.2, -0.15) is 25.3 Å². The molecule has 0 heterocycles. The molecule has 0 spiro atoms. The van der Waals surface area contributed by atoms with Crippen molar-refractivity contribution in [3.8, 4) is 0 Å². The Kier molecular flexibility index (Phi) is 7.65. The summed E-state index contributed by atoms with van der Waals surface area (Å²) >= 11 is 8.20. The average molecular weight is 279 g/mol. The molecule has 0 saturated heterocycles. The number of carbonyl (C=O) groups is 2. The summed E-state index contributed by atoms with van der Waals surface area (Å²) < 4.78 is 0. The van der Waals surface area contributed by atoms with Gasteiger partial charge in [-0.25, -0.2) is 0 Å². The molecular weight excluding hydrogens is 258 g/mol. The van der Waals surface area contributed by atoms with Gasteiger partial charge >= 0.3 is 0 Å². The van der Waals surface area contributed by atoms with Crippen molar-refractivity contribution in [1.29, 1.82) is 0 Å². The van der Waals surface area contributed by atoms with Crippen molar-refractivity contribution in [2.75, 3.05) is 25.1 Å². The van der Waals surface area contributed by atoms with Crippen molar-refractivity contribution in [2.24, 2.45) is 0 Å². The first-order valence-corrected chi connectivity index (χ1v) is 6.71. The molecule has 0 fully saturated rings. The fraction of sp³-hybridized carbons (Fsp3) is 0.800. The molecule has 3 N–H and O–H groups in total. The summed E-state index contributed by atoms with van der Waals surface area (Å²) in [6.07, 6.45) is 0. The average Bonchev–Trinajstić information content (AvgIpc) is 2.34. The maximum Gasteiger partial charge on any atom is 0.246 e. The van der Waals surface area contributed by atoms with E-state index >= 15 is 0 Å². The molecule has 0 aromatic rings. The van der Waals surface area contributed by atoms with Gasteiger partial charge in [-0.3, -0.25) is 9.59 Å². The lowest BCUT2D eigenvalue weighted by Crippen LogP contribution is -2.61. The van der Waals surface area contributed by atoms with E-state index in [1.54, 1.807) is 6.92 Å². The van der Waals surface area contributed by atoms with Crippen molar-refractivity contribution < 1.29 is 9.59 Å². The van der Waals surface area contributed by atoms with Gasteiger partial charge in [-0.05, 0) is 13.5 Å². The number of amides is 2. The predicted octanol–water partition coefficient (Wildman–Crippen LogP) is -0.555. The summed E-state index contributed by atoms with van der Waals surface area (Å²) in [6.45, 7) is 4.20. The highest BCUT2D eigenvalue weighted by molar-refractivity contribution is 7.80. The summed E-state index contributed by atoms with van der Waals surface area (Å²) in [5.41, 5.74) is -1.01. The Labute approximate surface area is 113 Å². The van der Waals surface area contributed by atoms with E-state index in [2.05, 4.69) is 41.2 Å². The van der Waals surface area contributed by atoms with E-state index in [0.29, 0.717) is 12.3 Å². The first-order valence-electron chi connectivity index (χ1n) is 5.44. The number of carbonyl (C=O) groups excluding carboxylic acids is 2. The number of likely N-dealkylation sites (N-methyl/N-ethyl adjacent to an activating group) is 2. The van der Waals surface area contributed by atoms with Crippen LogP contribution < -0.4 is 16.0 Å². The highest BCUT2D eigenvalue weighted by Gasteiger charge is 2.34. The quantitative estimate of drug-likeness (QED) is 0.406. The second kappa shape index (κ2) is 7.84. The molecular formula is C10H21N3O2S2. The summed E-state index contributed by atoms with van der Waals surface area (Å²) in [7, 11) is 1.52. The van der Waals surface area contributed by atoms with Crippen molar-refractivity contribution in [1.82, 2.24) is 16.0 Å². The zero-order valence-electron chi connectivity index (χ0n) is 10.4. The van der Waals surface area contributed by atoms with Crippen LogP contribution in [0.15, 0.2) is 0 Å². The minimum Gasteiger partial charge on any atom is -0.357 e. The van der Waals surface area contributed by atoms with Gasteiger partial charge in [0.15, 0.2) is 0 Å². The van der Waals surface area contributed by atoms with Crippen LogP contribution >= 0.6 is 25.3 Å². The summed E-state index contributed by atoms with van der Waals surface area (Å²) in [5.74, 6) is 0.0807. The molecule has 2 atom stereocenters. The molecule has 0 radical (unpaired) electrons. The van der Waals surface area contributed by atoms with Crippen LogP contribution in [0, 0.1) is 0 Å². The molecule has 5 nitrogen and oxygen atoms in total. The van der Waals surface area contributed by atoms with Gasteiger partial charge in [0, 0.05) is 18.6 Å². The van der Waals surface area contributed by atoms with Gasteiger partial charge in [0.1, 0.15) is 5.54 Å². The van der Waals surface area contributed by atoms with E-state index in [4.69, 9.17) is 0 Å². The first kappa shape index (κ1) is 16.6. The van der Waals surface area contributed by atoms with Crippen LogP contribution in [0.4, 0.5) is 0 Å². The van der Waals surface area contributed by atoms with Gasteiger partial charge in [0.25, 0.3) is 0 Å². The third-order valence-electron chi connectivity index (χ3n) is 2.39. The minimum atomic E-state index is -1.01. The van der Waals surface area contributed by atoms with Crippen molar-refractivity contribution in [3.05, 3.63) is 0 Å². The fourth-order valence-corrected chi connectivity index (χ4v) is 1.81. The number of nitrogens with one attached hydrogen (secondary N) is 3. The van der Waals surface area contributed by atoms with E-state index < -0.39 is 11.6 Å². The molecule has 0 unspecified atom stereocenters. The molecule has 2 amide bonds. The van der Waals surface area contributed by atoms with Gasteiger partial charge in [0.05, 0.1) is 6.04 Å². The maximum atomic E-state index is 11.9. The molecule has 0 rings (SSSR count). The van der Waals surface area contributed by atoms with E-state index in [9.17, 15) is 9.59 Å². The Balaban J connectivity index is 4.66. The second-order valence-corrected chi connectivity index (χ2v) is 4.53. The van der Waals surface area contributed by atoms with Crippen molar-refractivity contribution in [2.45, 2.75) is 25.4 Å². The minimum absolute atomic E-state index is 0.226. The molecule has 100 valence electrons. The highest BCUT2D eigenvalue weighted by Crippen LogP contribution is 2.07. The van der Waals surface area contributed by atoms with E-state index in [1.807, 2.05) is 6.92 Å². The second-order valence-electron chi connectivity index (χ2n) is 3.85. The van der Waals surface area contributed by atoms with Gasteiger partial charge in [-0.15, -0.1) is 0 Å². The third-order valence-corrected chi connectivity index (χ3v) is 3.39. The lowest BCUT2D eigenvalue weighted by atomic mass is 10.0. The number of hydrogen-bond donors (Lipinski definition) is 5. The Bertz CT molecular complexity index is 276. The molecule has 0 aromatic carbocycles. The molecule has 0 aliphatic heterocycles. The van der Waals surface area contributed by atoms with Crippen LogP contribution in [0.1, 0.15) is 13.8 Å². The van der Waals surface area contributed by atoms with E-state index in [1.165, 1.54) is 7.05 Å². The Morgan fingerprint density at radius 3 is 2.29 bits per heavy atom. The van der Waals surface area contributed by atoms with Gasteiger partial charge in [0.2, 0.25) is 11.8 Å². The van der Waals surface area contributed by atoms with Crippen LogP contribution in [0.3, 0.4) is 0 Å². The van der Waals surface area contributed by atoms with Crippen LogP contribution in [0.25, 0.3) is 0 Å². The Hall–Kier alpha value is -0.400. The van der Waals surface area contributed by atoms with E-state index in [-0.39, 0.29) is 17.6 Å². The fourth-order valence-electron chi connectivity index (χ4n) is 1.29. The summed E-state index contributed by atoms with van der Waals surface area (Å²) in [6, 6.07) is -0.410. The highest BCUT2D eigenvalue weighted by atomic mass is 32.1. The number of rotatable bonds is 7. The normalized spacial score (nSPS) is 15.8. The summed E-state index contributed by atoms with van der Waals surface area (Å²) in [5, 5.41) is 8.19. The molecule has 0 saturated carbocycles. The number of hydrogen-bond acceptors (Lipinski definition) is 5. The SMILES string of the molecule is CCN[C@@H](CS)C(=O)N[C@](C)(CS)C(=O)NC. The van der Waals surface area contributed by atoms with Gasteiger partial charge in [-0.1, -0.05) is 6.92 Å². The van der Waals surface area contributed by atoms with Crippen molar-refractivity contribution >= 4 is 37.1 Å². The molecule has 0 bridgehead atoms. The molecule has 7 heteroatoms. The van der Waals surface area contributed by atoms with Gasteiger partial charge < -0.3 is 16.0 Å². The largest absolute Gasteiger partial charge is 0.357 e. The number of thiol groups is 2. The summed E-state index contributed by atoms with van der Waals surface area (Å²) in [4.78, 5) is 23.6. The molecule has 0 aliphatic carbocycles. The van der Waals surface area contributed by atoms with Crippen LogP contribution in [-0.4, -0.2) is 48.5 Å². The topological polar surface area (TPSA) is 70.2 Å². The lowest BCUT2D eigenvalue weighted by Gasteiger charge is -2.29. The Morgan fingerprint density at radius 1 is 1.35 bits per heavy atom. The Morgan fingerprint density at radius 2 is 1.94 bits per heavy atom. The standard InChI is InChI=1S/C10H21N3O2S2/c1-4-12-7(5-16)8(14)13-10(2,6-17)9(15)11-3/h7,12,16-17H,4-6H2,1-3H3,(H,11,15)(H,13,14)/t7-,10+/m0/s1. The predicted molar refractivity (Wildman–Crippen MR) is 75.8 cm³/mol. The zero-order chi connectivity index (χ0) is 13.5. The molecule has 17 heavy (non-hydrogen) atoms. The zero-order valence-corrected chi connectivity index (χ0v) is 12.2. The maximum absolute atomic E-state index is 11.9. The van der Waals surface area contributed by atoms with Crippen LogP contribution in [0.5, 0.6) is 0 Å². The smallest absolute Gasteiger partial charge is 0.246 e. The molecule has 0 aromatic heterocycles. The van der Waals surface area contributed by atoms with Crippen molar-refractivity contribution in [3.63, 3.8) is 0 Å².